The molecule has 0 bridgehead atoms. The van der Waals surface area contributed by atoms with Crippen LogP contribution in [0.5, 0.6) is 11.5 Å². The van der Waals surface area contributed by atoms with Crippen molar-refractivity contribution in [1.29, 1.82) is 5.26 Å². The summed E-state index contributed by atoms with van der Waals surface area (Å²) >= 11 is 5.93. The van der Waals surface area contributed by atoms with Crippen molar-refractivity contribution in [2.45, 2.75) is 6.92 Å². The number of anilines is 1. The number of benzene rings is 3. The topological polar surface area (TPSA) is 88.4 Å². The molecule has 0 aromatic heterocycles. The van der Waals surface area contributed by atoms with Gasteiger partial charge in [0.25, 0.3) is 5.91 Å². The van der Waals surface area contributed by atoms with E-state index in [1.165, 1.54) is 6.08 Å². The van der Waals surface area contributed by atoms with Crippen LogP contribution in [-0.4, -0.2) is 18.5 Å². The van der Waals surface area contributed by atoms with Crippen LogP contribution < -0.4 is 14.8 Å². The van der Waals surface area contributed by atoms with E-state index in [1.54, 1.807) is 79.7 Å². The van der Waals surface area contributed by atoms with Crippen LogP contribution in [0.3, 0.4) is 0 Å². The fourth-order valence-electron chi connectivity index (χ4n) is 2.78. The molecular formula is C25H19ClN2O4. The lowest BCUT2D eigenvalue weighted by molar-refractivity contribution is -0.112. The largest absolute Gasteiger partial charge is 0.490 e. The summed E-state index contributed by atoms with van der Waals surface area (Å²) in [6.45, 7) is 2.13. The predicted molar refractivity (Wildman–Crippen MR) is 123 cm³/mol. The Labute approximate surface area is 190 Å². The second-order valence-electron chi connectivity index (χ2n) is 6.53. The molecule has 1 amide bonds. The lowest BCUT2D eigenvalue weighted by atomic mass is 10.1. The molecule has 0 unspecified atom stereocenters. The molecule has 0 saturated carbocycles. The second kappa shape index (κ2) is 10.8. The number of hydrogen-bond acceptors (Lipinski definition) is 5. The van der Waals surface area contributed by atoms with Crippen molar-refractivity contribution in [3.63, 3.8) is 0 Å². The summed E-state index contributed by atoms with van der Waals surface area (Å²) in [7, 11) is 0. The first-order chi connectivity index (χ1) is 15.5. The maximum Gasteiger partial charge on any atom is 0.343 e. The van der Waals surface area contributed by atoms with Gasteiger partial charge in [-0.2, -0.15) is 5.26 Å². The van der Waals surface area contributed by atoms with E-state index in [4.69, 9.17) is 21.1 Å². The highest BCUT2D eigenvalue weighted by Gasteiger charge is 2.14. The minimum atomic E-state index is -0.577. The number of carbonyl (C=O) groups excluding carboxylic acids is 2. The fraction of sp³-hybridized carbons (Fsp3) is 0.0800. The molecule has 3 aromatic carbocycles. The van der Waals surface area contributed by atoms with Crippen molar-refractivity contribution in [2.24, 2.45) is 0 Å². The van der Waals surface area contributed by atoms with Gasteiger partial charge < -0.3 is 14.8 Å². The predicted octanol–water partition coefficient (Wildman–Crippen LogP) is 5.50. The summed E-state index contributed by atoms with van der Waals surface area (Å²) in [6.07, 6.45) is 1.42. The molecule has 0 aliphatic heterocycles. The van der Waals surface area contributed by atoms with Gasteiger partial charge in [0.05, 0.1) is 12.2 Å². The van der Waals surface area contributed by atoms with Gasteiger partial charge in [-0.3, -0.25) is 4.79 Å². The molecule has 0 atom stereocenters. The highest BCUT2D eigenvalue weighted by molar-refractivity contribution is 6.31. The number of hydrogen-bond donors (Lipinski definition) is 1. The van der Waals surface area contributed by atoms with Crippen molar-refractivity contribution in [3.05, 3.63) is 94.5 Å². The number of rotatable bonds is 7. The first-order valence-corrected chi connectivity index (χ1v) is 10.1. The number of amides is 1. The zero-order valence-corrected chi connectivity index (χ0v) is 17.9. The highest BCUT2D eigenvalue weighted by atomic mass is 35.5. The minimum Gasteiger partial charge on any atom is -0.490 e. The Hall–Kier alpha value is -4.08. The fourth-order valence-corrected chi connectivity index (χ4v) is 2.97. The van der Waals surface area contributed by atoms with E-state index in [1.807, 2.05) is 6.07 Å². The molecule has 0 spiro atoms. The molecule has 3 rings (SSSR count). The van der Waals surface area contributed by atoms with E-state index in [0.717, 1.165) is 0 Å². The van der Waals surface area contributed by atoms with Crippen LogP contribution in [0.25, 0.3) is 6.08 Å². The Balaban J connectivity index is 1.82. The van der Waals surface area contributed by atoms with Crippen molar-refractivity contribution in [1.82, 2.24) is 0 Å². The smallest absolute Gasteiger partial charge is 0.343 e. The van der Waals surface area contributed by atoms with Gasteiger partial charge in [0.1, 0.15) is 11.6 Å². The number of esters is 1. The first-order valence-electron chi connectivity index (χ1n) is 9.73. The van der Waals surface area contributed by atoms with Gasteiger partial charge >= 0.3 is 5.97 Å². The Morgan fingerprint density at radius 1 is 1.03 bits per heavy atom. The van der Waals surface area contributed by atoms with Gasteiger partial charge in [-0.1, -0.05) is 41.9 Å². The number of nitriles is 1. The van der Waals surface area contributed by atoms with Crippen LogP contribution in [-0.2, 0) is 4.79 Å². The number of carbonyl (C=O) groups is 2. The SMILES string of the molecule is CCOc1cc(/C=C(\C#N)C(=O)Nc2cccc(Cl)c2)ccc1OC(=O)c1ccccc1. The third kappa shape index (κ3) is 5.97. The van der Waals surface area contributed by atoms with E-state index in [9.17, 15) is 14.9 Å². The monoisotopic (exact) mass is 446 g/mol. The van der Waals surface area contributed by atoms with E-state index < -0.39 is 11.9 Å². The molecule has 0 heterocycles. The molecule has 7 heteroatoms. The molecule has 32 heavy (non-hydrogen) atoms. The van der Waals surface area contributed by atoms with Gasteiger partial charge in [0, 0.05) is 10.7 Å². The quantitative estimate of drug-likeness (QED) is 0.224. The summed E-state index contributed by atoms with van der Waals surface area (Å²) in [5.74, 6) is -0.543. The average molecular weight is 447 g/mol. The van der Waals surface area contributed by atoms with Gasteiger partial charge in [-0.05, 0) is 61.0 Å². The average Bonchev–Trinajstić information content (AvgIpc) is 2.79. The third-order valence-corrected chi connectivity index (χ3v) is 4.47. The van der Waals surface area contributed by atoms with Crippen molar-refractivity contribution in [3.8, 4) is 17.6 Å². The lowest BCUT2D eigenvalue weighted by Gasteiger charge is -2.12. The number of halogens is 1. The molecular weight excluding hydrogens is 428 g/mol. The van der Waals surface area contributed by atoms with E-state index >= 15 is 0 Å². The van der Waals surface area contributed by atoms with Crippen molar-refractivity contribution < 1.29 is 19.1 Å². The van der Waals surface area contributed by atoms with Crippen LogP contribution in [0.15, 0.2) is 78.4 Å². The van der Waals surface area contributed by atoms with Crippen molar-refractivity contribution >= 4 is 35.2 Å². The van der Waals surface area contributed by atoms with E-state index in [2.05, 4.69) is 5.32 Å². The standard InChI is InChI=1S/C25H19ClN2O4/c1-2-31-23-14-17(11-12-22(23)32-25(30)18-7-4-3-5-8-18)13-19(16-27)24(29)28-21-10-6-9-20(26)15-21/h3-15H,2H2,1H3,(H,28,29)/b19-13+. The van der Waals surface area contributed by atoms with Crippen LogP contribution >= 0.6 is 11.6 Å². The van der Waals surface area contributed by atoms with Crippen LogP contribution in [0.4, 0.5) is 5.69 Å². The maximum absolute atomic E-state index is 12.5. The van der Waals surface area contributed by atoms with Gasteiger partial charge in [-0.15, -0.1) is 0 Å². The van der Waals surface area contributed by atoms with Crippen LogP contribution in [0, 0.1) is 11.3 Å². The second-order valence-corrected chi connectivity index (χ2v) is 6.97. The Bertz CT molecular complexity index is 1200. The molecule has 6 nitrogen and oxygen atoms in total. The van der Waals surface area contributed by atoms with Crippen molar-refractivity contribution in [2.75, 3.05) is 11.9 Å². The minimum absolute atomic E-state index is 0.110. The lowest BCUT2D eigenvalue weighted by Crippen LogP contribution is -2.13. The van der Waals surface area contributed by atoms with Crippen LogP contribution in [0.1, 0.15) is 22.8 Å². The molecule has 0 saturated heterocycles. The van der Waals surface area contributed by atoms with Crippen LogP contribution in [0.2, 0.25) is 5.02 Å². The maximum atomic E-state index is 12.5. The molecule has 0 fully saturated rings. The first kappa shape index (κ1) is 22.6. The summed E-state index contributed by atoms with van der Waals surface area (Å²) in [6, 6.07) is 21.9. The van der Waals surface area contributed by atoms with Gasteiger partial charge in [0.2, 0.25) is 0 Å². The summed E-state index contributed by atoms with van der Waals surface area (Å²) < 4.78 is 11.1. The van der Waals surface area contributed by atoms with Gasteiger partial charge in [0.15, 0.2) is 11.5 Å². The Morgan fingerprint density at radius 2 is 1.81 bits per heavy atom. The normalized spacial score (nSPS) is 10.7. The van der Waals surface area contributed by atoms with E-state index in [0.29, 0.717) is 34.2 Å². The highest BCUT2D eigenvalue weighted by Crippen LogP contribution is 2.30. The molecule has 3 aromatic rings. The Morgan fingerprint density at radius 3 is 2.50 bits per heavy atom. The zero-order chi connectivity index (χ0) is 22.9. The van der Waals surface area contributed by atoms with Gasteiger partial charge in [-0.25, -0.2) is 4.79 Å². The summed E-state index contributed by atoms with van der Waals surface area (Å²) in [5.41, 5.74) is 1.30. The third-order valence-electron chi connectivity index (χ3n) is 4.24. The molecule has 0 radical (unpaired) electrons. The molecule has 0 aliphatic rings. The summed E-state index contributed by atoms with van der Waals surface area (Å²) in [5, 5.41) is 12.6. The Kier molecular flexibility index (Phi) is 7.63. The zero-order valence-electron chi connectivity index (χ0n) is 17.2. The van der Waals surface area contributed by atoms with E-state index in [-0.39, 0.29) is 11.3 Å². The molecule has 160 valence electrons. The molecule has 1 N–H and O–H groups in total. The summed E-state index contributed by atoms with van der Waals surface area (Å²) in [4.78, 5) is 24.9. The molecule has 0 aliphatic carbocycles. The number of nitrogens with zero attached hydrogens (tertiary/aromatic N) is 1. The number of ether oxygens (including phenoxy) is 2. The number of nitrogens with one attached hydrogen (secondary N) is 1.